The van der Waals surface area contributed by atoms with Gasteiger partial charge in [0, 0.05) is 32.5 Å². The lowest BCUT2D eigenvalue weighted by Gasteiger charge is -2.59. The van der Waals surface area contributed by atoms with Crippen LogP contribution in [0.1, 0.15) is 155 Å². The lowest BCUT2D eigenvalue weighted by Crippen LogP contribution is -2.55. The monoisotopic (exact) mass is 1070 g/mol. The van der Waals surface area contributed by atoms with Crippen molar-refractivity contribution in [2.24, 2.45) is 0 Å². The van der Waals surface area contributed by atoms with Crippen LogP contribution in [-0.4, -0.2) is 0 Å². The molecule has 0 radical (unpaired) electrons. The SMILES string of the molecule is c1ccc2c(c1)C1CC2C23c4c5c6c7c8c9c%10c%11c%12c%13c%14c%15c(c%16c-6c2c2c6c%17c%18c%19c%20c%21c%22c(c%12c%12c%23c%24c%25c(c-%18c%18c(c4c4c(c%18%25)c%18c%24c%12c%11c9c%18c4c58)C%1713)C%201C3CC(c4ccccc43)C%22%231)c%13c1c%21c(c%196)c(c%162)c%151)C71C2CC(c3ccccc32)C%14%101. The summed E-state index contributed by atoms with van der Waals surface area (Å²) in [7, 11) is 0. The molecule has 372 valence electrons. The number of fused-ring (bicyclic) bond motifs is 5. The minimum absolute atomic E-state index is 0.191. The van der Waals surface area contributed by atoms with Crippen molar-refractivity contribution in [1.29, 1.82) is 0 Å². The molecule has 23 aromatic rings. The molecule has 23 aromatic carbocycles. The first-order chi connectivity index (χ1) is 43.3. The van der Waals surface area contributed by atoms with Gasteiger partial charge in [-0.3, -0.25) is 0 Å². The third kappa shape index (κ3) is 1.75. The van der Waals surface area contributed by atoms with Gasteiger partial charge in [-0.25, -0.2) is 0 Å². The van der Waals surface area contributed by atoms with Crippen LogP contribution >= 0.6 is 0 Å². The molecule has 6 spiro atoms. The maximum atomic E-state index is 2.69. The maximum Gasteiger partial charge on any atom is 0.0440 e. The summed E-state index contributed by atoms with van der Waals surface area (Å²) in [5.41, 5.74) is 39.0. The molecule has 0 heteroatoms. The van der Waals surface area contributed by atoms with Crippen LogP contribution in [0.3, 0.4) is 0 Å². The predicted molar refractivity (Wildman–Crippen MR) is 348 cm³/mol. The quantitative estimate of drug-likeness (QED) is 0.133. The van der Waals surface area contributed by atoms with Gasteiger partial charge in [0.1, 0.15) is 0 Å². The van der Waals surface area contributed by atoms with Gasteiger partial charge in [0.05, 0.1) is 0 Å². The third-order valence-electron chi connectivity index (χ3n) is 35.1. The summed E-state index contributed by atoms with van der Waals surface area (Å²) in [6.45, 7) is 0. The molecular formula is C87H24. The largest absolute Gasteiger partial charge is 0.0620 e. The topological polar surface area (TPSA) is 0 Å². The van der Waals surface area contributed by atoms with Crippen molar-refractivity contribution in [3.63, 3.8) is 0 Å². The van der Waals surface area contributed by atoms with Gasteiger partial charge in [-0.05, 0) is 382 Å². The van der Waals surface area contributed by atoms with Gasteiger partial charge in [-0.15, -0.1) is 0 Å². The molecule has 0 saturated heterocycles. The van der Waals surface area contributed by atoms with E-state index in [0.717, 1.165) is 0 Å². The molecule has 12 atom stereocenters. The second-order valence-electron chi connectivity index (χ2n) is 34.0. The average molecular weight is 1070 g/mol. The van der Waals surface area contributed by atoms with Gasteiger partial charge in [-0.1, -0.05) is 72.8 Å². The molecule has 0 aromatic heterocycles. The van der Waals surface area contributed by atoms with E-state index in [2.05, 4.69) is 72.8 Å². The third-order valence-corrected chi connectivity index (χ3v) is 35.1. The van der Waals surface area contributed by atoms with Crippen molar-refractivity contribution < 1.29 is 0 Å². The first-order valence-electron chi connectivity index (χ1n) is 33.9. The van der Waals surface area contributed by atoms with E-state index in [4.69, 9.17) is 0 Å². The molecule has 12 unspecified atom stereocenters. The van der Waals surface area contributed by atoms with Gasteiger partial charge in [0.2, 0.25) is 0 Å². The van der Waals surface area contributed by atoms with Gasteiger partial charge < -0.3 is 0 Å². The highest BCUT2D eigenvalue weighted by atomic mass is 14.9. The Bertz CT molecular complexity index is 7900. The molecule has 43 rings (SSSR count). The van der Waals surface area contributed by atoms with Crippen LogP contribution in [0.4, 0.5) is 0 Å². The van der Waals surface area contributed by atoms with E-state index in [1.54, 1.807) is 200 Å². The van der Waals surface area contributed by atoms with Gasteiger partial charge in [0.15, 0.2) is 0 Å². The highest BCUT2D eigenvalue weighted by Gasteiger charge is 2.87. The van der Waals surface area contributed by atoms with Gasteiger partial charge >= 0.3 is 0 Å². The highest BCUT2D eigenvalue weighted by molar-refractivity contribution is 6.71. The number of benzene rings is 14. The zero-order valence-electron chi connectivity index (χ0n) is 45.5. The molecule has 20 aliphatic rings. The Morgan fingerprint density at radius 3 is 0.563 bits per heavy atom. The lowest BCUT2D eigenvalue weighted by molar-refractivity contribution is 0.315. The second-order valence-corrected chi connectivity index (χ2v) is 34.0. The van der Waals surface area contributed by atoms with E-state index in [1.165, 1.54) is 19.3 Å². The minimum atomic E-state index is -0.195. The smallest absolute Gasteiger partial charge is 0.0440 e. The fourth-order valence-corrected chi connectivity index (χ4v) is 36.2. The van der Waals surface area contributed by atoms with Crippen LogP contribution in [0.2, 0.25) is 0 Å². The van der Waals surface area contributed by atoms with E-state index in [1.807, 2.05) is 127 Å². The minimum Gasteiger partial charge on any atom is -0.0620 e. The van der Waals surface area contributed by atoms with Crippen LogP contribution in [0.15, 0.2) is 72.8 Å². The van der Waals surface area contributed by atoms with Gasteiger partial charge in [0.25, 0.3) is 0 Å². The van der Waals surface area contributed by atoms with Crippen LogP contribution in [0.5, 0.6) is 0 Å². The number of rotatable bonds is 0. The molecule has 0 aliphatic heterocycles. The van der Waals surface area contributed by atoms with E-state index in [9.17, 15) is 0 Å². The second kappa shape index (κ2) is 7.64. The van der Waals surface area contributed by atoms with E-state index < -0.39 is 0 Å². The fourth-order valence-electron chi connectivity index (χ4n) is 36.2. The number of hydrogen-bond donors (Lipinski definition) is 0. The van der Waals surface area contributed by atoms with Crippen molar-refractivity contribution in [3.8, 4) is 22.3 Å². The zero-order valence-corrected chi connectivity index (χ0v) is 45.5. The summed E-state index contributed by atoms with van der Waals surface area (Å²) in [4.78, 5) is 0. The standard InChI is InChI=1S/C87H24/c1-3-9-18-16(7-1)22-13-24(18)84-72-55-43-30-28-29-31-39(30)69-80-59(43)63(72)65-61-45-32-33-41-34-40(32)67(78(61)84)76-51-42(34)52-48-47(51)49-37(35(28)53(55)70(49)82(22,76)84)38-36(29)54-56-44(31)60-64-66-62(46(33)58-57(45)74(65)86(80)26-15-27(21-12-6-5-11-20(21)26)87(86,75(58)66)81(60)69)79-68(41)77(52)83(71(54)50(38)48)23-14-25(85(79,83)73(56)64)19-10-4-2-8-17(19)23/h1-12,22-27H,13-15H2. The van der Waals surface area contributed by atoms with Crippen LogP contribution in [0, 0.1) is 0 Å². The Balaban J connectivity index is 1.01. The number of hydrogen-bond acceptors (Lipinski definition) is 0. The highest BCUT2D eigenvalue weighted by Crippen LogP contribution is 2.98. The molecule has 0 amide bonds. The molecule has 3 fully saturated rings. The summed E-state index contributed by atoms with van der Waals surface area (Å²) in [6, 6.07) is 31.0. The van der Waals surface area contributed by atoms with E-state index in [-0.39, 0.29) is 32.5 Å². The Morgan fingerprint density at radius 1 is 0.161 bits per heavy atom. The zero-order chi connectivity index (χ0) is 51.7. The first kappa shape index (κ1) is 33.5. The molecule has 3 saturated carbocycles. The summed E-state index contributed by atoms with van der Waals surface area (Å²) in [6.07, 6.45) is 3.82. The van der Waals surface area contributed by atoms with Crippen molar-refractivity contribution in [2.45, 2.75) is 87.3 Å². The fraction of sp³-hybridized carbons (Fsp3) is 0.172. The van der Waals surface area contributed by atoms with Crippen LogP contribution in [-0.2, 0) is 32.5 Å². The molecule has 0 N–H and O–H groups in total. The first-order valence-corrected chi connectivity index (χ1v) is 33.9. The van der Waals surface area contributed by atoms with Crippen molar-refractivity contribution >= 4 is 205 Å². The molecule has 87 heavy (non-hydrogen) atoms. The maximum absolute atomic E-state index is 2.69. The van der Waals surface area contributed by atoms with Gasteiger partial charge in [-0.2, -0.15) is 0 Å². The Kier molecular flexibility index (Phi) is 2.94. The van der Waals surface area contributed by atoms with Crippen LogP contribution in [0.25, 0.3) is 227 Å². The van der Waals surface area contributed by atoms with Crippen LogP contribution < -0.4 is 0 Å². The summed E-state index contributed by atoms with van der Waals surface area (Å²) in [5, 5.41) is 67.6. The summed E-state index contributed by atoms with van der Waals surface area (Å²) in [5.74, 6) is 2.54. The van der Waals surface area contributed by atoms with Crippen molar-refractivity contribution in [2.75, 3.05) is 0 Å². The Morgan fingerprint density at radius 2 is 0.310 bits per heavy atom. The Labute approximate surface area is 484 Å². The molecular weight excluding hydrogens is 1040 g/mol. The van der Waals surface area contributed by atoms with Crippen molar-refractivity contribution in [1.82, 2.24) is 0 Å². The molecule has 6 bridgehead atoms. The lowest BCUT2D eigenvalue weighted by atomic mass is 9.41. The summed E-state index contributed by atoms with van der Waals surface area (Å²) >= 11 is 0. The molecule has 20 aliphatic carbocycles. The van der Waals surface area contributed by atoms with E-state index in [0.29, 0.717) is 35.5 Å². The summed E-state index contributed by atoms with van der Waals surface area (Å²) < 4.78 is 0. The Hall–Kier alpha value is -9.36. The molecule has 0 nitrogen and oxygen atoms in total. The average Bonchev–Trinajstić information content (AvgIpc) is 1.36. The molecule has 0 heterocycles. The van der Waals surface area contributed by atoms with Crippen molar-refractivity contribution in [3.05, 3.63) is 173 Å². The normalized spacial score (nSPS) is 35.0. The predicted octanol–water partition coefficient (Wildman–Crippen LogP) is 20.2. The van der Waals surface area contributed by atoms with E-state index >= 15 is 0 Å².